The molecule has 4 nitrogen and oxygen atoms in total. The van der Waals surface area contributed by atoms with Crippen molar-refractivity contribution < 1.29 is 0 Å². The van der Waals surface area contributed by atoms with Gasteiger partial charge in [0.05, 0.1) is 11.4 Å². The summed E-state index contributed by atoms with van der Waals surface area (Å²) in [5, 5.41) is 8.06. The topological polar surface area (TPSA) is 33.1 Å². The van der Waals surface area contributed by atoms with Gasteiger partial charge >= 0.3 is 0 Å². The van der Waals surface area contributed by atoms with Crippen molar-refractivity contribution in [3.63, 3.8) is 0 Å². The number of aromatic nitrogens is 2. The average molecular weight is 250 g/mol. The van der Waals surface area contributed by atoms with Crippen LogP contribution < -0.4 is 5.32 Å². The van der Waals surface area contributed by atoms with Crippen LogP contribution in [0.15, 0.2) is 6.07 Å². The van der Waals surface area contributed by atoms with Crippen LogP contribution in [-0.4, -0.2) is 41.4 Å². The van der Waals surface area contributed by atoms with E-state index in [2.05, 4.69) is 35.4 Å². The summed E-state index contributed by atoms with van der Waals surface area (Å²) in [6.07, 6.45) is 3.67. The van der Waals surface area contributed by atoms with Crippen molar-refractivity contribution in [3.8, 4) is 0 Å². The maximum Gasteiger partial charge on any atom is 0.0625 e. The molecule has 0 aliphatic carbocycles. The van der Waals surface area contributed by atoms with Crippen LogP contribution in [0.2, 0.25) is 0 Å². The van der Waals surface area contributed by atoms with Gasteiger partial charge in [-0.15, -0.1) is 0 Å². The lowest BCUT2D eigenvalue weighted by molar-refractivity contribution is 0.215. The van der Waals surface area contributed by atoms with E-state index >= 15 is 0 Å². The van der Waals surface area contributed by atoms with Crippen LogP contribution in [0.3, 0.4) is 0 Å². The number of likely N-dealkylation sites (tertiary alicyclic amines) is 1. The molecule has 2 heterocycles. The molecular formula is C14H26N4. The average Bonchev–Trinajstić information content (AvgIpc) is 2.73. The van der Waals surface area contributed by atoms with E-state index < -0.39 is 0 Å². The van der Waals surface area contributed by atoms with Crippen LogP contribution in [0.5, 0.6) is 0 Å². The van der Waals surface area contributed by atoms with Gasteiger partial charge in [0, 0.05) is 13.6 Å². The molecular weight excluding hydrogens is 224 g/mol. The molecule has 102 valence electrons. The molecule has 0 saturated carbocycles. The summed E-state index contributed by atoms with van der Waals surface area (Å²) in [6, 6.07) is 2.21. The molecule has 4 heteroatoms. The largest absolute Gasteiger partial charge is 0.311 e. The lowest BCUT2D eigenvalue weighted by atomic mass is 9.97. The maximum absolute atomic E-state index is 4.47. The van der Waals surface area contributed by atoms with Crippen molar-refractivity contribution in [1.82, 2.24) is 20.0 Å². The Balaban J connectivity index is 1.73. The molecule has 1 saturated heterocycles. The number of hydrogen-bond acceptors (Lipinski definition) is 3. The van der Waals surface area contributed by atoms with Gasteiger partial charge in [0.25, 0.3) is 0 Å². The highest BCUT2D eigenvalue weighted by Gasteiger charge is 2.16. The van der Waals surface area contributed by atoms with Crippen LogP contribution >= 0.6 is 0 Å². The minimum absolute atomic E-state index is 0.847. The molecule has 2 rings (SSSR count). The fourth-order valence-electron chi connectivity index (χ4n) is 2.58. The third kappa shape index (κ3) is 3.56. The first-order valence-electron chi connectivity index (χ1n) is 7.10. The predicted octanol–water partition coefficient (Wildman–Crippen LogP) is 1.41. The number of nitrogens with zero attached hydrogens (tertiary/aromatic N) is 3. The van der Waals surface area contributed by atoms with E-state index in [1.807, 2.05) is 11.7 Å². The monoisotopic (exact) mass is 250 g/mol. The maximum atomic E-state index is 4.47. The second kappa shape index (κ2) is 6.34. The Hall–Kier alpha value is -0.870. The van der Waals surface area contributed by atoms with Gasteiger partial charge < -0.3 is 10.2 Å². The minimum Gasteiger partial charge on any atom is -0.311 e. The summed E-state index contributed by atoms with van der Waals surface area (Å²) < 4.78 is 2.00. The summed E-state index contributed by atoms with van der Waals surface area (Å²) in [5.41, 5.74) is 2.48. The van der Waals surface area contributed by atoms with E-state index in [0.29, 0.717) is 0 Å². The quantitative estimate of drug-likeness (QED) is 0.858. The predicted molar refractivity (Wildman–Crippen MR) is 74.5 cm³/mol. The van der Waals surface area contributed by atoms with Crippen molar-refractivity contribution >= 4 is 0 Å². The number of nitrogens with one attached hydrogen (secondary N) is 1. The zero-order valence-electron chi connectivity index (χ0n) is 11.9. The summed E-state index contributed by atoms with van der Waals surface area (Å²) in [6.45, 7) is 6.73. The van der Waals surface area contributed by atoms with E-state index in [0.717, 1.165) is 25.4 Å². The zero-order valence-corrected chi connectivity index (χ0v) is 11.9. The van der Waals surface area contributed by atoms with Crippen molar-refractivity contribution in [2.24, 2.45) is 13.0 Å². The molecule has 18 heavy (non-hydrogen) atoms. The van der Waals surface area contributed by atoms with E-state index in [1.165, 1.54) is 37.3 Å². The molecule has 1 N–H and O–H groups in total. The van der Waals surface area contributed by atoms with Gasteiger partial charge in [0.2, 0.25) is 0 Å². The fraction of sp³-hybridized carbons (Fsp3) is 0.786. The van der Waals surface area contributed by atoms with E-state index in [-0.39, 0.29) is 0 Å². The third-order valence-corrected chi connectivity index (χ3v) is 3.97. The van der Waals surface area contributed by atoms with Crippen molar-refractivity contribution in [2.45, 2.75) is 32.7 Å². The molecule has 1 aromatic heterocycles. The summed E-state index contributed by atoms with van der Waals surface area (Å²) in [7, 11) is 4.25. The number of rotatable bonds is 5. The first-order valence-corrected chi connectivity index (χ1v) is 7.10. The Bertz CT molecular complexity index is 364. The fourth-order valence-corrected chi connectivity index (χ4v) is 2.58. The lowest BCUT2D eigenvalue weighted by Crippen LogP contribution is -2.35. The highest BCUT2D eigenvalue weighted by molar-refractivity contribution is 5.09. The molecule has 1 aromatic rings. The van der Waals surface area contributed by atoms with Crippen molar-refractivity contribution in [2.75, 3.05) is 26.7 Å². The molecule has 0 amide bonds. The van der Waals surface area contributed by atoms with E-state index in [4.69, 9.17) is 0 Å². The van der Waals surface area contributed by atoms with E-state index in [9.17, 15) is 0 Å². The van der Waals surface area contributed by atoms with Gasteiger partial charge in [-0.25, -0.2) is 0 Å². The molecule has 1 aliphatic rings. The molecule has 0 aromatic carbocycles. The Kier molecular flexibility index (Phi) is 4.78. The van der Waals surface area contributed by atoms with Crippen molar-refractivity contribution in [1.29, 1.82) is 0 Å². The zero-order chi connectivity index (χ0) is 13.0. The van der Waals surface area contributed by atoms with Gasteiger partial charge in [-0.1, -0.05) is 6.92 Å². The molecule has 0 unspecified atom stereocenters. The highest BCUT2D eigenvalue weighted by atomic mass is 15.3. The Morgan fingerprint density at radius 1 is 1.33 bits per heavy atom. The normalized spacial score (nSPS) is 18.4. The molecule has 0 bridgehead atoms. The number of aryl methyl sites for hydroxylation is 2. The van der Waals surface area contributed by atoms with Crippen LogP contribution in [-0.2, 0) is 20.0 Å². The summed E-state index contributed by atoms with van der Waals surface area (Å²) in [4.78, 5) is 2.42. The van der Waals surface area contributed by atoms with Gasteiger partial charge in [-0.05, 0) is 57.9 Å². The minimum atomic E-state index is 0.847. The first-order chi connectivity index (χ1) is 8.69. The highest BCUT2D eigenvalue weighted by Crippen LogP contribution is 2.15. The Morgan fingerprint density at radius 3 is 2.67 bits per heavy atom. The smallest absolute Gasteiger partial charge is 0.0625 e. The van der Waals surface area contributed by atoms with Gasteiger partial charge in [0.15, 0.2) is 0 Å². The van der Waals surface area contributed by atoms with Crippen molar-refractivity contribution in [3.05, 3.63) is 17.5 Å². The number of hydrogen-bond donors (Lipinski definition) is 1. The van der Waals surface area contributed by atoms with Crippen LogP contribution in [0.4, 0.5) is 0 Å². The van der Waals surface area contributed by atoms with Crippen LogP contribution in [0.1, 0.15) is 31.2 Å². The van der Waals surface area contributed by atoms with Gasteiger partial charge in [-0.3, -0.25) is 4.68 Å². The van der Waals surface area contributed by atoms with Gasteiger partial charge in [-0.2, -0.15) is 5.10 Å². The molecule has 1 aliphatic heterocycles. The molecule has 0 radical (unpaired) electrons. The second-order valence-corrected chi connectivity index (χ2v) is 5.48. The summed E-state index contributed by atoms with van der Waals surface area (Å²) >= 11 is 0. The number of piperidine rings is 1. The van der Waals surface area contributed by atoms with Crippen LogP contribution in [0, 0.1) is 5.92 Å². The lowest BCUT2D eigenvalue weighted by Gasteiger charge is -2.29. The second-order valence-electron chi connectivity index (χ2n) is 5.48. The summed E-state index contributed by atoms with van der Waals surface area (Å²) in [5.74, 6) is 0.847. The third-order valence-electron chi connectivity index (χ3n) is 3.97. The first kappa shape index (κ1) is 13.6. The Labute approximate surface area is 110 Å². The van der Waals surface area contributed by atoms with Gasteiger partial charge in [0.1, 0.15) is 0 Å². The molecule has 0 spiro atoms. The van der Waals surface area contributed by atoms with Crippen LogP contribution in [0.25, 0.3) is 0 Å². The molecule has 1 fully saturated rings. The Morgan fingerprint density at radius 2 is 2.06 bits per heavy atom. The standard InChI is InChI=1S/C14H26N4/c1-4-13-9-14(18(3)16-13)11-15-10-12-5-7-17(2)8-6-12/h9,12,15H,4-8,10-11H2,1-3H3. The SMILES string of the molecule is CCc1cc(CNCC2CCN(C)CC2)n(C)n1. The molecule has 0 atom stereocenters. The van der Waals surface area contributed by atoms with E-state index in [1.54, 1.807) is 0 Å².